The van der Waals surface area contributed by atoms with Crippen molar-refractivity contribution in [3.8, 4) is 10.7 Å². The van der Waals surface area contributed by atoms with E-state index in [1.165, 1.54) is 36.6 Å². The second kappa shape index (κ2) is 4.09. The highest BCUT2D eigenvalue weighted by molar-refractivity contribution is 7.17. The summed E-state index contributed by atoms with van der Waals surface area (Å²) >= 11 is 1.17. The minimum absolute atomic E-state index is 0.0578. The van der Waals surface area contributed by atoms with E-state index in [9.17, 15) is 9.18 Å². The predicted molar refractivity (Wildman–Crippen MR) is 60.0 cm³/mol. The summed E-state index contributed by atoms with van der Waals surface area (Å²) in [5.41, 5.74) is 0.820. The highest BCUT2D eigenvalue weighted by Crippen LogP contribution is 2.28. The van der Waals surface area contributed by atoms with Crippen molar-refractivity contribution in [2.24, 2.45) is 0 Å². The Morgan fingerprint density at radius 3 is 2.81 bits per heavy atom. The van der Waals surface area contributed by atoms with E-state index < -0.39 is 5.82 Å². The third-order valence-electron chi connectivity index (χ3n) is 2.08. The van der Waals surface area contributed by atoms with Crippen LogP contribution in [0.2, 0.25) is 0 Å². The van der Waals surface area contributed by atoms with Gasteiger partial charge in [0.2, 0.25) is 0 Å². The van der Waals surface area contributed by atoms with Gasteiger partial charge in [0.15, 0.2) is 11.6 Å². The molecule has 0 aromatic carbocycles. The number of rotatable bonds is 2. The molecule has 0 N–H and O–H groups in total. The minimum atomic E-state index is -0.425. The summed E-state index contributed by atoms with van der Waals surface area (Å²) in [6.07, 6.45) is 1.50. The normalized spacial score (nSPS) is 10.4. The molecule has 2 aromatic heterocycles. The number of hydrogen-bond donors (Lipinski definition) is 0. The van der Waals surface area contributed by atoms with Crippen LogP contribution < -0.4 is 0 Å². The molecule has 2 heterocycles. The average Bonchev–Trinajstić information content (AvgIpc) is 2.61. The lowest BCUT2D eigenvalue weighted by Gasteiger charge is -1.95. The Morgan fingerprint density at radius 2 is 2.25 bits per heavy atom. The van der Waals surface area contributed by atoms with Gasteiger partial charge < -0.3 is 0 Å². The summed E-state index contributed by atoms with van der Waals surface area (Å²) in [6.45, 7) is 3.21. The first-order valence-electron chi connectivity index (χ1n) is 4.69. The number of pyridine rings is 1. The maximum absolute atomic E-state index is 13.4. The van der Waals surface area contributed by atoms with Crippen LogP contribution in [0.5, 0.6) is 0 Å². The molecule has 0 saturated carbocycles. The van der Waals surface area contributed by atoms with E-state index in [-0.39, 0.29) is 11.5 Å². The average molecular weight is 236 g/mol. The maximum Gasteiger partial charge on any atom is 0.171 e. The summed E-state index contributed by atoms with van der Waals surface area (Å²) in [5.74, 6) is -0.482. The number of aryl methyl sites for hydroxylation is 1. The first-order chi connectivity index (χ1) is 7.59. The molecule has 0 unspecified atom stereocenters. The summed E-state index contributed by atoms with van der Waals surface area (Å²) in [5, 5.41) is 0.445. The van der Waals surface area contributed by atoms with Crippen LogP contribution in [-0.4, -0.2) is 15.8 Å². The topological polar surface area (TPSA) is 42.9 Å². The highest BCUT2D eigenvalue weighted by Gasteiger charge is 2.15. The van der Waals surface area contributed by atoms with Crippen molar-refractivity contribution >= 4 is 17.1 Å². The molecule has 0 aliphatic carbocycles. The number of aromatic nitrogens is 2. The lowest BCUT2D eigenvalue weighted by atomic mass is 10.3. The Hall–Kier alpha value is -1.62. The number of thiazole rings is 1. The molecule has 5 heteroatoms. The van der Waals surface area contributed by atoms with Gasteiger partial charge in [-0.15, -0.1) is 11.3 Å². The van der Waals surface area contributed by atoms with E-state index in [0.717, 1.165) is 0 Å². The number of ketones is 1. The predicted octanol–water partition coefficient (Wildman–Crippen LogP) is 2.86. The van der Waals surface area contributed by atoms with Gasteiger partial charge in [-0.3, -0.25) is 9.78 Å². The van der Waals surface area contributed by atoms with Gasteiger partial charge in [-0.25, -0.2) is 9.37 Å². The minimum Gasteiger partial charge on any atom is -0.294 e. The van der Waals surface area contributed by atoms with Gasteiger partial charge in [-0.2, -0.15) is 0 Å². The van der Waals surface area contributed by atoms with E-state index in [1.807, 2.05) is 0 Å². The van der Waals surface area contributed by atoms with Crippen molar-refractivity contribution < 1.29 is 9.18 Å². The van der Waals surface area contributed by atoms with Gasteiger partial charge in [-0.05, 0) is 19.1 Å². The lowest BCUT2D eigenvalue weighted by molar-refractivity contribution is 0.102. The lowest BCUT2D eigenvalue weighted by Crippen LogP contribution is -1.89. The zero-order valence-electron chi connectivity index (χ0n) is 8.82. The van der Waals surface area contributed by atoms with Gasteiger partial charge >= 0.3 is 0 Å². The fourth-order valence-corrected chi connectivity index (χ4v) is 2.33. The van der Waals surface area contributed by atoms with Gasteiger partial charge in [-0.1, -0.05) is 0 Å². The largest absolute Gasteiger partial charge is 0.294 e. The first kappa shape index (κ1) is 10.9. The van der Waals surface area contributed by atoms with Crippen molar-refractivity contribution in [1.82, 2.24) is 9.97 Å². The summed E-state index contributed by atoms with van der Waals surface area (Å²) in [4.78, 5) is 19.9. The standard InChI is InChI=1S/C11H9FN2OS/c1-6-10(7(2)15)16-11(14-6)9-8(12)4-3-5-13-9/h3-5H,1-2H3. The quantitative estimate of drug-likeness (QED) is 0.753. The van der Waals surface area contributed by atoms with Crippen LogP contribution in [0.4, 0.5) is 4.39 Å². The van der Waals surface area contributed by atoms with Gasteiger partial charge in [0.05, 0.1) is 10.6 Å². The molecular weight excluding hydrogens is 227 g/mol. The third-order valence-corrected chi connectivity index (χ3v) is 3.34. The van der Waals surface area contributed by atoms with Crippen LogP contribution in [0.15, 0.2) is 18.3 Å². The number of carbonyl (C=O) groups is 1. The van der Waals surface area contributed by atoms with E-state index in [0.29, 0.717) is 15.6 Å². The van der Waals surface area contributed by atoms with Crippen LogP contribution in [0.1, 0.15) is 22.3 Å². The van der Waals surface area contributed by atoms with E-state index in [1.54, 1.807) is 6.92 Å². The molecule has 0 aliphatic rings. The molecule has 0 bridgehead atoms. The van der Waals surface area contributed by atoms with Crippen LogP contribution in [-0.2, 0) is 0 Å². The first-order valence-corrected chi connectivity index (χ1v) is 5.50. The molecule has 0 radical (unpaired) electrons. The molecule has 0 atom stereocenters. The van der Waals surface area contributed by atoms with Crippen molar-refractivity contribution in [1.29, 1.82) is 0 Å². The fourth-order valence-electron chi connectivity index (χ4n) is 1.37. The van der Waals surface area contributed by atoms with Crippen molar-refractivity contribution in [3.63, 3.8) is 0 Å². The molecule has 0 amide bonds. The number of hydrogen-bond acceptors (Lipinski definition) is 4. The highest BCUT2D eigenvalue weighted by atomic mass is 32.1. The Morgan fingerprint density at radius 1 is 1.50 bits per heavy atom. The monoisotopic (exact) mass is 236 g/mol. The molecule has 0 spiro atoms. The third kappa shape index (κ3) is 1.86. The summed E-state index contributed by atoms with van der Waals surface area (Å²) < 4.78 is 13.4. The molecule has 82 valence electrons. The zero-order chi connectivity index (χ0) is 11.7. The molecule has 0 saturated heterocycles. The summed E-state index contributed by atoms with van der Waals surface area (Å²) in [7, 11) is 0. The molecule has 2 aromatic rings. The molecule has 16 heavy (non-hydrogen) atoms. The number of halogens is 1. The molecule has 0 aliphatic heterocycles. The van der Waals surface area contributed by atoms with Crippen molar-refractivity contribution in [3.05, 3.63) is 34.7 Å². The SMILES string of the molecule is CC(=O)c1sc(-c2ncccc2F)nc1C. The second-order valence-corrected chi connectivity index (χ2v) is 4.32. The van der Waals surface area contributed by atoms with Crippen LogP contribution in [0, 0.1) is 12.7 Å². The van der Waals surface area contributed by atoms with Crippen LogP contribution >= 0.6 is 11.3 Å². The van der Waals surface area contributed by atoms with E-state index in [2.05, 4.69) is 9.97 Å². The maximum atomic E-state index is 13.4. The smallest absolute Gasteiger partial charge is 0.171 e. The Kier molecular flexibility index (Phi) is 2.78. The summed E-state index contributed by atoms with van der Waals surface area (Å²) in [6, 6.07) is 2.84. The van der Waals surface area contributed by atoms with Crippen LogP contribution in [0.3, 0.4) is 0 Å². The van der Waals surface area contributed by atoms with Gasteiger partial charge in [0.1, 0.15) is 10.7 Å². The van der Waals surface area contributed by atoms with E-state index >= 15 is 0 Å². The molecule has 3 nitrogen and oxygen atoms in total. The molecule has 0 fully saturated rings. The van der Waals surface area contributed by atoms with E-state index in [4.69, 9.17) is 0 Å². The molecule has 2 rings (SSSR count). The number of carbonyl (C=O) groups excluding carboxylic acids is 1. The number of Topliss-reactive ketones (excluding diaryl/α,β-unsaturated/α-hetero) is 1. The number of nitrogens with zero attached hydrogens (tertiary/aromatic N) is 2. The fraction of sp³-hybridized carbons (Fsp3) is 0.182. The zero-order valence-corrected chi connectivity index (χ0v) is 9.64. The van der Waals surface area contributed by atoms with Gasteiger partial charge in [0, 0.05) is 13.1 Å². The second-order valence-electron chi connectivity index (χ2n) is 3.32. The molecular formula is C11H9FN2OS. The van der Waals surface area contributed by atoms with Crippen molar-refractivity contribution in [2.75, 3.05) is 0 Å². The Bertz CT molecular complexity index is 551. The Balaban J connectivity index is 2.54. The van der Waals surface area contributed by atoms with Crippen molar-refractivity contribution in [2.45, 2.75) is 13.8 Å². The Labute approximate surface area is 96.0 Å². The van der Waals surface area contributed by atoms with Crippen LogP contribution in [0.25, 0.3) is 10.7 Å². The van der Waals surface area contributed by atoms with Gasteiger partial charge in [0.25, 0.3) is 0 Å².